The summed E-state index contributed by atoms with van der Waals surface area (Å²) in [5, 5.41) is 14.1. The summed E-state index contributed by atoms with van der Waals surface area (Å²) in [5.41, 5.74) is 4.86. The number of aliphatic hydroxyl groups is 1. The molecule has 0 aliphatic carbocycles. The predicted octanol–water partition coefficient (Wildman–Crippen LogP) is 2.84. The van der Waals surface area contributed by atoms with E-state index in [-0.39, 0.29) is 18.5 Å². The van der Waals surface area contributed by atoms with E-state index in [0.717, 1.165) is 25.1 Å². The van der Waals surface area contributed by atoms with Gasteiger partial charge in [-0.2, -0.15) is 0 Å². The first-order valence-electron chi connectivity index (χ1n) is 7.94. The van der Waals surface area contributed by atoms with Crippen molar-refractivity contribution in [1.29, 1.82) is 0 Å². The number of hydrogen-bond acceptors (Lipinski definition) is 2. The molecule has 1 aliphatic rings. The van der Waals surface area contributed by atoms with Crippen molar-refractivity contribution < 1.29 is 9.50 Å². The lowest BCUT2D eigenvalue weighted by Gasteiger charge is -2.24. The number of aliphatic hydroxyl groups excluding tert-OH is 1. The van der Waals surface area contributed by atoms with Gasteiger partial charge in [-0.15, -0.1) is 0 Å². The van der Waals surface area contributed by atoms with Gasteiger partial charge in [-0.1, -0.05) is 30.3 Å². The number of aromatic nitrogens is 1. The van der Waals surface area contributed by atoms with Crippen LogP contribution in [0.4, 0.5) is 4.39 Å². The van der Waals surface area contributed by atoms with Gasteiger partial charge < -0.3 is 15.0 Å². The van der Waals surface area contributed by atoms with E-state index in [9.17, 15) is 9.50 Å². The Morgan fingerprint density at radius 1 is 1.13 bits per heavy atom. The molecule has 4 rings (SSSR count). The minimum atomic E-state index is -0.208. The average Bonchev–Trinajstić information content (AvgIpc) is 2.90. The molecule has 3 nitrogen and oxygen atoms in total. The molecule has 118 valence electrons. The molecule has 1 aromatic heterocycles. The minimum absolute atomic E-state index is 0.118. The van der Waals surface area contributed by atoms with E-state index >= 15 is 0 Å². The first-order chi connectivity index (χ1) is 11.3. The highest BCUT2D eigenvalue weighted by molar-refractivity contribution is 5.86. The van der Waals surface area contributed by atoms with Crippen LogP contribution in [0.3, 0.4) is 0 Å². The number of rotatable bonds is 3. The SMILES string of the molecule is OC[C@@H]1Cc2c(n(Cc3ccc(F)cc3)c3ccccc23)CN1. The second-order valence-electron chi connectivity index (χ2n) is 6.12. The highest BCUT2D eigenvalue weighted by atomic mass is 19.1. The molecule has 0 saturated heterocycles. The number of benzene rings is 2. The molecule has 0 bridgehead atoms. The molecule has 4 heteroatoms. The van der Waals surface area contributed by atoms with Crippen LogP contribution in [0, 0.1) is 5.82 Å². The van der Waals surface area contributed by atoms with Gasteiger partial charge in [0.1, 0.15) is 5.82 Å². The van der Waals surface area contributed by atoms with Crippen molar-refractivity contribution in [1.82, 2.24) is 9.88 Å². The summed E-state index contributed by atoms with van der Waals surface area (Å²) < 4.78 is 15.4. The lowest BCUT2D eigenvalue weighted by Crippen LogP contribution is -2.38. The Morgan fingerprint density at radius 2 is 1.91 bits per heavy atom. The molecule has 0 unspecified atom stereocenters. The third-order valence-corrected chi connectivity index (χ3v) is 4.68. The molecule has 0 amide bonds. The highest BCUT2D eigenvalue weighted by Gasteiger charge is 2.24. The van der Waals surface area contributed by atoms with Gasteiger partial charge in [0.15, 0.2) is 0 Å². The van der Waals surface area contributed by atoms with E-state index in [2.05, 4.69) is 28.1 Å². The Kier molecular flexibility index (Phi) is 3.63. The zero-order chi connectivity index (χ0) is 15.8. The minimum Gasteiger partial charge on any atom is -0.395 e. The zero-order valence-corrected chi connectivity index (χ0v) is 12.8. The molecule has 0 spiro atoms. The van der Waals surface area contributed by atoms with Crippen molar-refractivity contribution in [3.05, 3.63) is 71.2 Å². The van der Waals surface area contributed by atoms with Gasteiger partial charge in [-0.3, -0.25) is 0 Å². The molecule has 3 aromatic rings. The zero-order valence-electron chi connectivity index (χ0n) is 12.8. The molecule has 1 aliphatic heterocycles. The summed E-state index contributed by atoms with van der Waals surface area (Å²) in [4.78, 5) is 0. The highest BCUT2D eigenvalue weighted by Crippen LogP contribution is 2.30. The molecular formula is C19H19FN2O. The maximum absolute atomic E-state index is 13.1. The second kappa shape index (κ2) is 5.80. The van der Waals surface area contributed by atoms with Crippen LogP contribution in [0.1, 0.15) is 16.8 Å². The topological polar surface area (TPSA) is 37.2 Å². The Hall–Kier alpha value is -2.17. The van der Waals surface area contributed by atoms with Crippen LogP contribution < -0.4 is 5.32 Å². The molecule has 2 aromatic carbocycles. The van der Waals surface area contributed by atoms with Crippen LogP contribution >= 0.6 is 0 Å². The maximum atomic E-state index is 13.1. The second-order valence-corrected chi connectivity index (χ2v) is 6.12. The van der Waals surface area contributed by atoms with E-state index in [1.54, 1.807) is 0 Å². The van der Waals surface area contributed by atoms with Crippen LogP contribution in [-0.4, -0.2) is 22.3 Å². The van der Waals surface area contributed by atoms with Crippen molar-refractivity contribution in [2.45, 2.75) is 25.6 Å². The smallest absolute Gasteiger partial charge is 0.123 e. The van der Waals surface area contributed by atoms with Crippen molar-refractivity contribution in [2.24, 2.45) is 0 Å². The number of para-hydroxylation sites is 1. The van der Waals surface area contributed by atoms with E-state index in [1.165, 1.54) is 34.3 Å². The van der Waals surface area contributed by atoms with E-state index in [1.807, 2.05) is 18.2 Å². The summed E-state index contributed by atoms with van der Waals surface area (Å²) >= 11 is 0. The Bertz CT molecular complexity index is 838. The number of nitrogens with zero attached hydrogens (tertiary/aromatic N) is 1. The fourth-order valence-electron chi connectivity index (χ4n) is 3.50. The third-order valence-electron chi connectivity index (χ3n) is 4.68. The standard InChI is InChI=1S/C19H19FN2O/c20-14-7-5-13(6-8-14)11-22-18-4-2-1-3-16(18)17-9-15(12-23)21-10-19(17)22/h1-8,15,21,23H,9-12H2/t15-/m0/s1. The van der Waals surface area contributed by atoms with Gasteiger partial charge in [0, 0.05) is 35.7 Å². The number of nitrogens with one attached hydrogen (secondary N) is 1. The quantitative estimate of drug-likeness (QED) is 0.780. The van der Waals surface area contributed by atoms with Crippen molar-refractivity contribution >= 4 is 10.9 Å². The average molecular weight is 310 g/mol. The molecule has 0 radical (unpaired) electrons. The van der Waals surface area contributed by atoms with Crippen LogP contribution in [0.15, 0.2) is 48.5 Å². The van der Waals surface area contributed by atoms with Crippen LogP contribution in [0.25, 0.3) is 10.9 Å². The van der Waals surface area contributed by atoms with Crippen molar-refractivity contribution in [3.8, 4) is 0 Å². The van der Waals surface area contributed by atoms with Gasteiger partial charge in [-0.25, -0.2) is 4.39 Å². The van der Waals surface area contributed by atoms with E-state index < -0.39 is 0 Å². The Balaban J connectivity index is 1.81. The van der Waals surface area contributed by atoms with Crippen molar-refractivity contribution in [3.63, 3.8) is 0 Å². The van der Waals surface area contributed by atoms with Crippen LogP contribution in [0.2, 0.25) is 0 Å². The molecule has 23 heavy (non-hydrogen) atoms. The molecular weight excluding hydrogens is 291 g/mol. The number of hydrogen-bond donors (Lipinski definition) is 2. The summed E-state index contributed by atoms with van der Waals surface area (Å²) in [5.74, 6) is -0.208. The molecule has 1 atom stereocenters. The molecule has 2 N–H and O–H groups in total. The van der Waals surface area contributed by atoms with E-state index in [4.69, 9.17) is 0 Å². The molecule has 0 fully saturated rings. The fraction of sp³-hybridized carbons (Fsp3) is 0.263. The summed E-state index contributed by atoms with van der Waals surface area (Å²) in [6.45, 7) is 1.62. The fourth-order valence-corrected chi connectivity index (χ4v) is 3.50. The Morgan fingerprint density at radius 3 is 2.70 bits per heavy atom. The van der Waals surface area contributed by atoms with E-state index in [0.29, 0.717) is 0 Å². The number of halogens is 1. The van der Waals surface area contributed by atoms with Gasteiger partial charge in [0.2, 0.25) is 0 Å². The first kappa shape index (κ1) is 14.4. The van der Waals surface area contributed by atoms with Crippen molar-refractivity contribution in [2.75, 3.05) is 6.61 Å². The summed E-state index contributed by atoms with van der Waals surface area (Å²) in [6.07, 6.45) is 0.836. The molecule has 2 heterocycles. The third kappa shape index (κ3) is 2.54. The van der Waals surface area contributed by atoms with Gasteiger partial charge >= 0.3 is 0 Å². The first-order valence-corrected chi connectivity index (χ1v) is 7.94. The van der Waals surface area contributed by atoms with Gasteiger partial charge in [0.25, 0.3) is 0 Å². The van der Waals surface area contributed by atoms with Crippen LogP contribution in [0.5, 0.6) is 0 Å². The normalized spacial score (nSPS) is 17.4. The molecule has 0 saturated carbocycles. The van der Waals surface area contributed by atoms with Gasteiger partial charge in [-0.05, 0) is 35.7 Å². The lowest BCUT2D eigenvalue weighted by molar-refractivity contribution is 0.235. The summed E-state index contributed by atoms with van der Waals surface area (Å²) in [7, 11) is 0. The Labute approximate surface area is 134 Å². The largest absolute Gasteiger partial charge is 0.395 e. The monoisotopic (exact) mass is 310 g/mol. The van der Waals surface area contributed by atoms with Crippen LogP contribution in [-0.2, 0) is 19.5 Å². The predicted molar refractivity (Wildman–Crippen MR) is 88.9 cm³/mol. The number of fused-ring (bicyclic) bond motifs is 3. The summed E-state index contributed by atoms with van der Waals surface area (Å²) in [6, 6.07) is 15.2. The van der Waals surface area contributed by atoms with Gasteiger partial charge in [0.05, 0.1) is 6.61 Å². The lowest BCUT2D eigenvalue weighted by atomic mass is 9.99. The maximum Gasteiger partial charge on any atom is 0.123 e.